The predicted molar refractivity (Wildman–Crippen MR) is 209 cm³/mol. The lowest BCUT2D eigenvalue weighted by Crippen LogP contribution is -2.16. The standard InChI is InChI=1S/C49H46/c1-27-11-15-33-35-17-13-31(23-43(35)47(5,6)41(33)19-27)37-25-45-39(21-29(37)3)40-22-30(4)38(26-46(40)49(45,9)10)32-14-18-36-34-16-12-28(2)20-42(34)48(7,8)44(36)24-32/h11-26H,1-10H3. The minimum atomic E-state index is -0.108. The maximum Gasteiger partial charge on any atom is 0.0159 e. The van der Waals surface area contributed by atoms with Gasteiger partial charge in [-0.05, 0) is 152 Å². The smallest absolute Gasteiger partial charge is 0.0159 e. The molecular formula is C49H46. The topological polar surface area (TPSA) is 0 Å². The molecular weight excluding hydrogens is 589 g/mol. The molecule has 9 rings (SSSR count). The van der Waals surface area contributed by atoms with Crippen LogP contribution >= 0.6 is 0 Å². The van der Waals surface area contributed by atoms with Crippen molar-refractivity contribution < 1.29 is 0 Å². The van der Waals surface area contributed by atoms with Crippen LogP contribution < -0.4 is 0 Å². The first-order chi connectivity index (χ1) is 23.2. The molecule has 6 aromatic carbocycles. The van der Waals surface area contributed by atoms with Crippen LogP contribution in [0.15, 0.2) is 97.1 Å². The summed E-state index contributed by atoms with van der Waals surface area (Å²) in [5.74, 6) is 0. The molecule has 0 amide bonds. The van der Waals surface area contributed by atoms with Crippen molar-refractivity contribution in [2.75, 3.05) is 0 Å². The van der Waals surface area contributed by atoms with E-state index in [1.807, 2.05) is 0 Å². The number of hydrogen-bond acceptors (Lipinski definition) is 0. The van der Waals surface area contributed by atoms with Gasteiger partial charge in [0.25, 0.3) is 0 Å². The molecule has 0 fully saturated rings. The first-order valence-corrected chi connectivity index (χ1v) is 18.0. The van der Waals surface area contributed by atoms with Crippen LogP contribution in [0.4, 0.5) is 0 Å². The van der Waals surface area contributed by atoms with Gasteiger partial charge in [-0.3, -0.25) is 0 Å². The Morgan fingerprint density at radius 3 is 0.959 bits per heavy atom. The summed E-state index contributed by atoms with van der Waals surface area (Å²) in [6, 6.07) is 38.3. The highest BCUT2D eigenvalue weighted by Crippen LogP contribution is 2.55. The van der Waals surface area contributed by atoms with Gasteiger partial charge < -0.3 is 0 Å². The van der Waals surface area contributed by atoms with Gasteiger partial charge in [-0.1, -0.05) is 125 Å². The molecule has 0 saturated heterocycles. The predicted octanol–water partition coefficient (Wildman–Crippen LogP) is 13.2. The first kappa shape index (κ1) is 30.4. The molecule has 242 valence electrons. The lowest BCUT2D eigenvalue weighted by atomic mass is 9.78. The molecule has 0 nitrogen and oxygen atoms in total. The maximum absolute atomic E-state index is 2.51. The maximum atomic E-state index is 2.51. The number of hydrogen-bond donors (Lipinski definition) is 0. The van der Waals surface area contributed by atoms with Gasteiger partial charge in [0.15, 0.2) is 0 Å². The third-order valence-electron chi connectivity index (χ3n) is 12.7. The molecule has 0 spiro atoms. The molecule has 0 heterocycles. The Kier molecular flexibility index (Phi) is 6.03. The van der Waals surface area contributed by atoms with Crippen molar-refractivity contribution in [2.45, 2.75) is 85.5 Å². The second kappa shape index (κ2) is 9.72. The number of aryl methyl sites for hydroxylation is 4. The Morgan fingerprint density at radius 2 is 0.592 bits per heavy atom. The van der Waals surface area contributed by atoms with Gasteiger partial charge in [0.1, 0.15) is 0 Å². The molecule has 3 aliphatic rings. The zero-order valence-electron chi connectivity index (χ0n) is 30.7. The van der Waals surface area contributed by atoms with Crippen LogP contribution in [0, 0.1) is 27.7 Å². The minimum absolute atomic E-state index is 0.0186. The summed E-state index contributed by atoms with van der Waals surface area (Å²) in [6.45, 7) is 23.4. The van der Waals surface area contributed by atoms with Crippen LogP contribution in [0.3, 0.4) is 0 Å². The van der Waals surface area contributed by atoms with E-state index in [0.717, 1.165) is 0 Å². The highest BCUT2D eigenvalue weighted by Gasteiger charge is 2.39. The largest absolute Gasteiger partial charge is 0.0587 e. The van der Waals surface area contributed by atoms with Gasteiger partial charge in [-0.2, -0.15) is 0 Å². The third kappa shape index (κ3) is 4.04. The van der Waals surface area contributed by atoms with E-state index < -0.39 is 0 Å². The lowest BCUT2D eigenvalue weighted by molar-refractivity contribution is 0.659. The van der Waals surface area contributed by atoms with Gasteiger partial charge in [-0.15, -0.1) is 0 Å². The Bertz CT molecular complexity index is 2270. The molecule has 0 heteroatoms. The van der Waals surface area contributed by atoms with E-state index >= 15 is 0 Å². The molecule has 0 atom stereocenters. The minimum Gasteiger partial charge on any atom is -0.0587 e. The summed E-state index contributed by atoms with van der Waals surface area (Å²) < 4.78 is 0. The van der Waals surface area contributed by atoms with Crippen molar-refractivity contribution in [1.82, 2.24) is 0 Å². The van der Waals surface area contributed by atoms with Crippen LogP contribution in [-0.2, 0) is 16.2 Å². The van der Waals surface area contributed by atoms with Gasteiger partial charge in [0, 0.05) is 16.2 Å². The number of fused-ring (bicyclic) bond motifs is 9. The molecule has 0 unspecified atom stereocenters. The molecule has 6 aromatic rings. The van der Waals surface area contributed by atoms with E-state index in [4.69, 9.17) is 0 Å². The van der Waals surface area contributed by atoms with E-state index in [1.165, 1.54) is 111 Å². The van der Waals surface area contributed by atoms with Crippen molar-refractivity contribution in [1.29, 1.82) is 0 Å². The number of benzene rings is 6. The van der Waals surface area contributed by atoms with Crippen LogP contribution in [0.25, 0.3) is 55.6 Å². The van der Waals surface area contributed by atoms with Crippen LogP contribution in [0.1, 0.15) is 97.2 Å². The van der Waals surface area contributed by atoms with E-state index in [1.54, 1.807) is 0 Å². The Balaban J connectivity index is 1.13. The Morgan fingerprint density at radius 1 is 0.286 bits per heavy atom. The van der Waals surface area contributed by atoms with Gasteiger partial charge in [-0.25, -0.2) is 0 Å². The highest BCUT2D eigenvalue weighted by atomic mass is 14.4. The third-order valence-corrected chi connectivity index (χ3v) is 12.7. The lowest BCUT2D eigenvalue weighted by Gasteiger charge is -2.25. The first-order valence-electron chi connectivity index (χ1n) is 18.0. The molecule has 3 aliphatic carbocycles. The number of rotatable bonds is 2. The average molecular weight is 635 g/mol. The summed E-state index contributed by atoms with van der Waals surface area (Å²) in [7, 11) is 0. The van der Waals surface area contributed by atoms with E-state index in [-0.39, 0.29) is 16.2 Å². The molecule has 0 N–H and O–H groups in total. The van der Waals surface area contributed by atoms with Crippen molar-refractivity contribution in [3.8, 4) is 55.6 Å². The summed E-state index contributed by atoms with van der Waals surface area (Å²) in [5, 5.41) is 0. The summed E-state index contributed by atoms with van der Waals surface area (Å²) in [4.78, 5) is 0. The van der Waals surface area contributed by atoms with E-state index in [0.29, 0.717) is 0 Å². The van der Waals surface area contributed by atoms with Crippen LogP contribution in [0.5, 0.6) is 0 Å². The van der Waals surface area contributed by atoms with Gasteiger partial charge in [0.2, 0.25) is 0 Å². The quantitative estimate of drug-likeness (QED) is 0.178. The molecule has 0 bridgehead atoms. The van der Waals surface area contributed by atoms with Crippen molar-refractivity contribution in [3.63, 3.8) is 0 Å². The van der Waals surface area contributed by atoms with Gasteiger partial charge >= 0.3 is 0 Å². The summed E-state index contributed by atoms with van der Waals surface area (Å²) in [5.41, 5.74) is 27.4. The summed E-state index contributed by atoms with van der Waals surface area (Å²) >= 11 is 0. The average Bonchev–Trinajstić information content (AvgIpc) is 3.51. The van der Waals surface area contributed by atoms with Gasteiger partial charge in [0.05, 0.1) is 0 Å². The Labute approximate surface area is 292 Å². The fraction of sp³-hybridized carbons (Fsp3) is 0.265. The van der Waals surface area contributed by atoms with Crippen molar-refractivity contribution in [3.05, 3.63) is 153 Å². The second-order valence-corrected chi connectivity index (χ2v) is 16.9. The summed E-state index contributed by atoms with van der Waals surface area (Å²) in [6.07, 6.45) is 0. The SMILES string of the molecule is Cc1ccc2c(c1)C(C)(C)c1cc(-c3cc4c(cc3C)-c3cc(C)c(-c5ccc6c(c5)C(C)(C)c5cc(C)ccc5-6)cc3C4(C)C)ccc1-2. The Hall–Kier alpha value is -4.68. The van der Waals surface area contributed by atoms with Crippen molar-refractivity contribution >= 4 is 0 Å². The zero-order chi connectivity index (χ0) is 34.4. The molecule has 0 aromatic heterocycles. The highest BCUT2D eigenvalue weighted by molar-refractivity contribution is 5.90. The monoisotopic (exact) mass is 634 g/mol. The fourth-order valence-electron chi connectivity index (χ4n) is 9.70. The fourth-order valence-corrected chi connectivity index (χ4v) is 9.70. The van der Waals surface area contributed by atoms with E-state index in [9.17, 15) is 0 Å². The van der Waals surface area contributed by atoms with Crippen LogP contribution in [-0.4, -0.2) is 0 Å². The molecule has 0 saturated carbocycles. The second-order valence-electron chi connectivity index (χ2n) is 16.9. The van der Waals surface area contributed by atoms with E-state index in [2.05, 4.69) is 166 Å². The molecule has 0 radical (unpaired) electrons. The van der Waals surface area contributed by atoms with Crippen LogP contribution in [0.2, 0.25) is 0 Å². The molecule has 49 heavy (non-hydrogen) atoms. The zero-order valence-corrected chi connectivity index (χ0v) is 30.7. The van der Waals surface area contributed by atoms with Crippen molar-refractivity contribution in [2.24, 2.45) is 0 Å². The molecule has 0 aliphatic heterocycles. The normalized spacial score (nSPS) is 16.4.